The number of hydrogen-bond acceptors (Lipinski definition) is 6. The van der Waals surface area contributed by atoms with Crippen LogP contribution in [0.4, 0.5) is 0 Å². The molecule has 3 rings (SSSR count). The standard InChI is InChI=1S/C19H26N4O3S/c1-11(7-18(20)24)22(4)19(25)16-10-27-17-9-23(6-5-14(16)17)8-15-12(2)21-26-13(15)3/h10-11H,5-9H2,1-4H3,(H2,20,24). The summed E-state index contributed by atoms with van der Waals surface area (Å²) in [5.74, 6) is 0.426. The topological polar surface area (TPSA) is 92.7 Å². The largest absolute Gasteiger partial charge is 0.370 e. The highest BCUT2D eigenvalue weighted by Crippen LogP contribution is 2.31. The minimum atomic E-state index is -0.399. The lowest BCUT2D eigenvalue weighted by Gasteiger charge is -2.28. The quantitative estimate of drug-likeness (QED) is 0.817. The number of thiophene rings is 1. The summed E-state index contributed by atoms with van der Waals surface area (Å²) >= 11 is 1.63. The van der Waals surface area contributed by atoms with Crippen LogP contribution in [0.5, 0.6) is 0 Å². The molecule has 2 N–H and O–H groups in total. The summed E-state index contributed by atoms with van der Waals surface area (Å²) < 4.78 is 5.26. The van der Waals surface area contributed by atoms with Gasteiger partial charge in [-0.3, -0.25) is 14.5 Å². The lowest BCUT2D eigenvalue weighted by atomic mass is 10.0. The molecule has 7 nitrogen and oxygen atoms in total. The number of amides is 2. The summed E-state index contributed by atoms with van der Waals surface area (Å²) in [5.41, 5.74) is 9.23. The lowest BCUT2D eigenvalue weighted by molar-refractivity contribution is -0.118. The molecule has 2 aromatic heterocycles. The van der Waals surface area contributed by atoms with Crippen molar-refractivity contribution >= 4 is 23.2 Å². The molecule has 0 aliphatic carbocycles. The molecule has 2 amide bonds. The Labute approximate surface area is 163 Å². The molecule has 0 aromatic carbocycles. The van der Waals surface area contributed by atoms with Crippen LogP contribution in [0, 0.1) is 13.8 Å². The number of hydrogen-bond donors (Lipinski definition) is 1. The minimum Gasteiger partial charge on any atom is -0.370 e. The zero-order chi connectivity index (χ0) is 19.7. The molecule has 1 atom stereocenters. The van der Waals surface area contributed by atoms with E-state index in [1.807, 2.05) is 26.2 Å². The van der Waals surface area contributed by atoms with E-state index in [0.29, 0.717) is 0 Å². The summed E-state index contributed by atoms with van der Waals surface area (Å²) in [5, 5.41) is 5.97. The molecule has 0 bridgehead atoms. The number of carbonyl (C=O) groups is 2. The summed E-state index contributed by atoms with van der Waals surface area (Å²) in [6, 6.07) is -0.217. The second-order valence-electron chi connectivity index (χ2n) is 7.25. The first-order valence-corrected chi connectivity index (χ1v) is 9.94. The number of nitrogens with two attached hydrogens (primary N) is 1. The van der Waals surface area contributed by atoms with Gasteiger partial charge < -0.3 is 15.2 Å². The van der Waals surface area contributed by atoms with Gasteiger partial charge in [0, 0.05) is 55.0 Å². The first-order chi connectivity index (χ1) is 12.8. The van der Waals surface area contributed by atoms with Gasteiger partial charge in [0.05, 0.1) is 11.3 Å². The van der Waals surface area contributed by atoms with Gasteiger partial charge >= 0.3 is 0 Å². The van der Waals surface area contributed by atoms with Crippen molar-refractivity contribution in [2.24, 2.45) is 5.73 Å². The van der Waals surface area contributed by atoms with Gasteiger partial charge in [0.1, 0.15) is 5.76 Å². The van der Waals surface area contributed by atoms with Crippen molar-refractivity contribution in [1.82, 2.24) is 15.0 Å². The third-order valence-electron chi connectivity index (χ3n) is 5.30. The molecule has 1 aliphatic heterocycles. The smallest absolute Gasteiger partial charge is 0.254 e. The fourth-order valence-corrected chi connectivity index (χ4v) is 4.58. The number of primary amides is 1. The number of fused-ring (bicyclic) bond motifs is 1. The maximum absolute atomic E-state index is 12.9. The van der Waals surface area contributed by atoms with Crippen LogP contribution in [0.25, 0.3) is 0 Å². The van der Waals surface area contributed by atoms with E-state index < -0.39 is 5.91 Å². The van der Waals surface area contributed by atoms with Gasteiger partial charge in [-0.25, -0.2) is 0 Å². The number of aromatic nitrogens is 1. The van der Waals surface area contributed by atoms with Crippen LogP contribution in [0.1, 0.15) is 51.2 Å². The third kappa shape index (κ3) is 4.06. The van der Waals surface area contributed by atoms with Crippen molar-refractivity contribution in [3.05, 3.63) is 38.4 Å². The van der Waals surface area contributed by atoms with Crippen molar-refractivity contribution in [3.8, 4) is 0 Å². The van der Waals surface area contributed by atoms with Gasteiger partial charge in [0.25, 0.3) is 5.91 Å². The summed E-state index contributed by atoms with van der Waals surface area (Å²) in [6.07, 6.45) is 1.00. The minimum absolute atomic E-state index is 0.0413. The van der Waals surface area contributed by atoms with Crippen LogP contribution in [-0.2, 0) is 24.3 Å². The SMILES string of the molecule is Cc1noc(C)c1CN1CCc2c(C(=O)N(C)C(C)CC(N)=O)csc2C1. The fraction of sp³-hybridized carbons (Fsp3) is 0.526. The summed E-state index contributed by atoms with van der Waals surface area (Å²) in [6.45, 7) is 8.25. The Morgan fingerprint density at radius 1 is 1.44 bits per heavy atom. The van der Waals surface area contributed by atoms with Crippen molar-refractivity contribution in [2.45, 2.75) is 52.7 Å². The molecule has 1 aliphatic rings. The summed E-state index contributed by atoms with van der Waals surface area (Å²) in [4.78, 5) is 29.2. The third-order valence-corrected chi connectivity index (χ3v) is 6.31. The monoisotopic (exact) mass is 390 g/mol. The number of aryl methyl sites for hydroxylation is 2. The Morgan fingerprint density at radius 3 is 2.81 bits per heavy atom. The van der Waals surface area contributed by atoms with Crippen molar-refractivity contribution in [3.63, 3.8) is 0 Å². The number of rotatable bonds is 6. The molecule has 0 fully saturated rings. The average molecular weight is 391 g/mol. The predicted molar refractivity (Wildman–Crippen MR) is 103 cm³/mol. The van der Waals surface area contributed by atoms with Crippen LogP contribution in [0.2, 0.25) is 0 Å². The molecular weight excluding hydrogens is 364 g/mol. The van der Waals surface area contributed by atoms with E-state index in [-0.39, 0.29) is 18.4 Å². The predicted octanol–water partition coefficient (Wildman–Crippen LogP) is 2.25. The van der Waals surface area contributed by atoms with Crippen LogP contribution in [-0.4, -0.2) is 46.4 Å². The maximum atomic E-state index is 12.9. The Morgan fingerprint density at radius 2 is 2.19 bits per heavy atom. The molecule has 0 spiro atoms. The average Bonchev–Trinajstić information content (AvgIpc) is 3.17. The van der Waals surface area contributed by atoms with E-state index in [0.717, 1.165) is 54.2 Å². The molecule has 3 heterocycles. The maximum Gasteiger partial charge on any atom is 0.254 e. The van der Waals surface area contributed by atoms with Crippen LogP contribution in [0.3, 0.4) is 0 Å². The normalized spacial score (nSPS) is 15.4. The number of carbonyl (C=O) groups excluding carboxylic acids is 2. The van der Waals surface area contributed by atoms with Crippen molar-refractivity contribution < 1.29 is 14.1 Å². The second-order valence-corrected chi connectivity index (χ2v) is 8.21. The Balaban J connectivity index is 1.71. The zero-order valence-electron chi connectivity index (χ0n) is 16.2. The van der Waals surface area contributed by atoms with Gasteiger partial charge in [0.15, 0.2) is 0 Å². The molecule has 2 aromatic rings. The zero-order valence-corrected chi connectivity index (χ0v) is 17.1. The van der Waals surface area contributed by atoms with Gasteiger partial charge in [0.2, 0.25) is 5.91 Å². The van der Waals surface area contributed by atoms with Crippen molar-refractivity contribution in [1.29, 1.82) is 0 Å². The van der Waals surface area contributed by atoms with E-state index in [4.69, 9.17) is 10.3 Å². The van der Waals surface area contributed by atoms with E-state index >= 15 is 0 Å². The number of nitrogens with zero attached hydrogens (tertiary/aromatic N) is 3. The highest BCUT2D eigenvalue weighted by Gasteiger charge is 2.28. The van der Waals surface area contributed by atoms with Crippen LogP contribution < -0.4 is 5.73 Å². The van der Waals surface area contributed by atoms with Gasteiger partial charge in [-0.1, -0.05) is 5.16 Å². The van der Waals surface area contributed by atoms with Gasteiger partial charge in [-0.05, 0) is 32.8 Å². The highest BCUT2D eigenvalue weighted by molar-refractivity contribution is 7.10. The van der Waals surface area contributed by atoms with E-state index in [1.54, 1.807) is 23.3 Å². The molecule has 0 saturated carbocycles. The lowest BCUT2D eigenvalue weighted by Crippen LogP contribution is -2.38. The second kappa shape index (κ2) is 7.82. The Kier molecular flexibility index (Phi) is 5.67. The molecule has 146 valence electrons. The van der Waals surface area contributed by atoms with E-state index in [1.165, 1.54) is 4.88 Å². The van der Waals surface area contributed by atoms with E-state index in [9.17, 15) is 9.59 Å². The van der Waals surface area contributed by atoms with Gasteiger partial charge in [-0.15, -0.1) is 11.3 Å². The fourth-order valence-electron chi connectivity index (χ4n) is 3.47. The molecule has 27 heavy (non-hydrogen) atoms. The Hall–Kier alpha value is -2.19. The molecular formula is C19H26N4O3S. The van der Waals surface area contributed by atoms with E-state index in [2.05, 4.69) is 10.1 Å². The molecule has 8 heteroatoms. The molecule has 0 radical (unpaired) electrons. The molecule has 1 unspecified atom stereocenters. The highest BCUT2D eigenvalue weighted by atomic mass is 32.1. The van der Waals surface area contributed by atoms with Crippen LogP contribution >= 0.6 is 11.3 Å². The summed E-state index contributed by atoms with van der Waals surface area (Å²) in [7, 11) is 1.73. The van der Waals surface area contributed by atoms with Crippen LogP contribution in [0.15, 0.2) is 9.90 Å². The first-order valence-electron chi connectivity index (χ1n) is 9.06. The Bertz CT molecular complexity index is 838. The van der Waals surface area contributed by atoms with Gasteiger partial charge in [-0.2, -0.15) is 0 Å². The first kappa shape index (κ1) is 19.6. The van der Waals surface area contributed by atoms with Crippen molar-refractivity contribution in [2.75, 3.05) is 13.6 Å². The molecule has 0 saturated heterocycles.